The lowest BCUT2D eigenvalue weighted by molar-refractivity contribution is -0.195. The molecule has 466 valence electrons. The van der Waals surface area contributed by atoms with E-state index < -0.39 is 23.5 Å². The van der Waals surface area contributed by atoms with Gasteiger partial charge in [0.1, 0.15) is 12.3 Å². The van der Waals surface area contributed by atoms with E-state index in [1.165, 1.54) is 91.3 Å². The van der Waals surface area contributed by atoms with Gasteiger partial charge in [-0.05, 0) is 186 Å². The van der Waals surface area contributed by atoms with Crippen molar-refractivity contribution in [1.29, 1.82) is 0 Å². The van der Waals surface area contributed by atoms with Gasteiger partial charge < -0.3 is 34.1 Å². The Kier molecular flexibility index (Phi) is 35.1. The molecule has 6 rings (SSSR count). The molecular formula is C68H139F2NO6. The Bertz CT molecular complexity index is 1390. The maximum atomic E-state index is 13.3. The second-order valence-electron chi connectivity index (χ2n) is 33.8. The van der Waals surface area contributed by atoms with E-state index in [2.05, 4.69) is 136 Å². The van der Waals surface area contributed by atoms with Crippen LogP contribution in [0.15, 0.2) is 0 Å². The first-order chi connectivity index (χ1) is 34.5. The van der Waals surface area contributed by atoms with Crippen LogP contribution in [-0.2, 0) is 18.9 Å². The maximum absolute atomic E-state index is 13.3. The molecule has 0 aromatic carbocycles. The lowest BCUT2D eigenvalue weighted by Gasteiger charge is -2.57. The zero-order chi connectivity index (χ0) is 60.7. The van der Waals surface area contributed by atoms with Gasteiger partial charge in [0.25, 0.3) is 0 Å². The van der Waals surface area contributed by atoms with Crippen molar-refractivity contribution < 1.29 is 37.9 Å². The number of halogens is 2. The van der Waals surface area contributed by atoms with Gasteiger partial charge in [0.05, 0.1) is 37.6 Å². The molecule has 4 unspecified atom stereocenters. The Hall–Kier alpha value is -0.420. The molecule has 0 bridgehead atoms. The molecule has 0 radical (unpaired) electrons. The van der Waals surface area contributed by atoms with Crippen molar-refractivity contribution in [3.05, 3.63) is 0 Å². The van der Waals surface area contributed by atoms with Crippen molar-refractivity contribution in [2.45, 2.75) is 294 Å². The van der Waals surface area contributed by atoms with E-state index in [4.69, 9.17) is 18.9 Å². The van der Waals surface area contributed by atoms with Crippen LogP contribution in [0.3, 0.4) is 0 Å². The van der Waals surface area contributed by atoms with Gasteiger partial charge in [0, 0.05) is 37.8 Å². The third-order valence-corrected chi connectivity index (χ3v) is 16.0. The molecule has 1 aliphatic carbocycles. The Morgan fingerprint density at radius 3 is 1.25 bits per heavy atom. The molecule has 5 aliphatic heterocycles. The summed E-state index contributed by atoms with van der Waals surface area (Å²) < 4.78 is 47.2. The van der Waals surface area contributed by atoms with Crippen LogP contribution in [0.2, 0.25) is 0 Å². The number of hydrogen-bond donors (Lipinski definition) is 2. The second kappa shape index (κ2) is 34.4. The Labute approximate surface area is 480 Å². The molecule has 6 fully saturated rings. The van der Waals surface area contributed by atoms with Crippen molar-refractivity contribution in [2.75, 3.05) is 72.5 Å². The lowest BCUT2D eigenvalue weighted by atomic mass is 9.54. The highest BCUT2D eigenvalue weighted by Crippen LogP contribution is 2.56. The number of nitrogens with zero attached hydrogens (tertiary/aromatic N) is 1. The fourth-order valence-electron chi connectivity index (χ4n) is 9.82. The molecule has 9 heteroatoms. The molecule has 2 N–H and O–H groups in total. The van der Waals surface area contributed by atoms with Gasteiger partial charge in [-0.15, -0.1) is 0 Å². The zero-order valence-corrected chi connectivity index (χ0v) is 57.0. The number of aliphatic hydroxyl groups is 2. The van der Waals surface area contributed by atoms with Crippen LogP contribution in [0.1, 0.15) is 271 Å². The van der Waals surface area contributed by atoms with Crippen LogP contribution in [0.25, 0.3) is 0 Å². The van der Waals surface area contributed by atoms with Crippen LogP contribution >= 0.6 is 0 Å². The lowest BCUT2D eigenvalue weighted by Crippen LogP contribution is -2.54. The SMILES string of the molecule is CC.CC(C)(C)C1CC2(COC2)C1.CC(C)(C)C1CCOC1.CC(C)(C)CC(F)C(C)(C)O.CC(C)(C)CC(F)C1COC1.CC(C)(C)CC1CCOCC1.CC(C)(C)CCN1CCCC1.CC(CC(C)(C)O)C(C)(C)C. The van der Waals surface area contributed by atoms with E-state index in [1.54, 1.807) is 0 Å². The van der Waals surface area contributed by atoms with Crippen molar-refractivity contribution in [2.24, 2.45) is 72.9 Å². The molecule has 77 heavy (non-hydrogen) atoms. The van der Waals surface area contributed by atoms with Crippen molar-refractivity contribution in [1.82, 2.24) is 4.90 Å². The van der Waals surface area contributed by atoms with Crippen LogP contribution in [0.5, 0.6) is 0 Å². The van der Waals surface area contributed by atoms with Gasteiger partial charge in [-0.2, -0.15) is 0 Å². The monoisotopic (exact) mass is 1100 g/mol. The summed E-state index contributed by atoms with van der Waals surface area (Å²) in [4.78, 5) is 2.59. The van der Waals surface area contributed by atoms with E-state index in [1.807, 2.05) is 48.5 Å². The summed E-state index contributed by atoms with van der Waals surface area (Å²) in [5.41, 5.74) is 1.29. The number of alkyl halides is 2. The first-order valence-corrected chi connectivity index (χ1v) is 31.3. The average molecular weight is 1100 g/mol. The molecule has 6 aliphatic rings. The van der Waals surface area contributed by atoms with E-state index in [-0.39, 0.29) is 16.7 Å². The Morgan fingerprint density at radius 2 is 0.987 bits per heavy atom. The molecule has 1 saturated carbocycles. The van der Waals surface area contributed by atoms with Crippen LogP contribution < -0.4 is 0 Å². The normalized spacial score (nSPS) is 21.9. The van der Waals surface area contributed by atoms with Crippen molar-refractivity contribution >= 4 is 0 Å². The van der Waals surface area contributed by atoms with Gasteiger partial charge >= 0.3 is 0 Å². The molecule has 7 nitrogen and oxygen atoms in total. The second-order valence-corrected chi connectivity index (χ2v) is 33.8. The minimum absolute atomic E-state index is 0.0561. The fourth-order valence-corrected chi connectivity index (χ4v) is 9.82. The highest BCUT2D eigenvalue weighted by atomic mass is 19.1. The number of ether oxygens (including phenoxy) is 4. The largest absolute Gasteiger partial charge is 0.390 e. The average Bonchev–Trinajstić information content (AvgIpc) is 3.90. The summed E-state index contributed by atoms with van der Waals surface area (Å²) in [5.74, 6) is 3.39. The highest BCUT2D eigenvalue weighted by Gasteiger charge is 2.52. The third kappa shape index (κ3) is 41.3. The topological polar surface area (TPSA) is 80.6 Å². The van der Waals surface area contributed by atoms with Crippen molar-refractivity contribution in [3.8, 4) is 0 Å². The smallest absolute Gasteiger partial charge is 0.129 e. The number of rotatable bonds is 9. The van der Waals surface area contributed by atoms with Crippen LogP contribution in [0.4, 0.5) is 8.78 Å². The van der Waals surface area contributed by atoms with Crippen molar-refractivity contribution in [3.63, 3.8) is 0 Å². The van der Waals surface area contributed by atoms with Crippen LogP contribution in [-0.4, -0.2) is 111 Å². The summed E-state index contributed by atoms with van der Waals surface area (Å²) in [6, 6.07) is 0. The van der Waals surface area contributed by atoms with Crippen LogP contribution in [0, 0.1) is 72.9 Å². The first-order valence-electron chi connectivity index (χ1n) is 31.3. The van der Waals surface area contributed by atoms with Gasteiger partial charge in [-0.25, -0.2) is 8.78 Å². The summed E-state index contributed by atoms with van der Waals surface area (Å²) >= 11 is 0. The van der Waals surface area contributed by atoms with E-state index in [0.29, 0.717) is 64.5 Å². The van der Waals surface area contributed by atoms with Gasteiger partial charge in [-0.1, -0.05) is 166 Å². The molecule has 0 amide bonds. The molecule has 0 aromatic heterocycles. The van der Waals surface area contributed by atoms with Gasteiger partial charge in [0.2, 0.25) is 0 Å². The predicted octanol–water partition coefficient (Wildman–Crippen LogP) is 18.7. The molecule has 5 saturated heterocycles. The van der Waals surface area contributed by atoms with E-state index >= 15 is 0 Å². The number of likely N-dealkylation sites (tertiary alicyclic amines) is 1. The molecule has 5 heterocycles. The summed E-state index contributed by atoms with van der Waals surface area (Å²) in [5, 5.41) is 18.8. The standard InChI is InChI=1S/C10H21N.C10H18O.C10H20O.C10H22O.C9H17FO.C9H19FO.C8H16O.C2H6/c1-10(2,3)6-9-11-7-4-5-8-11;1-9(2,3)8-4-10(5-8)6-11-7-10;1-10(2,3)8-9-4-6-11-7-5-9;1-8(9(2,3)4)7-10(5,6)11;1-9(2,3)4-8(10)7-5-11-6-7;1-8(2,3)6-7(10)9(4,5)11;1-8(2,3)7-4-5-9-6-7;1-2/h4-9H2,1-3H3;8H,4-7H2,1-3H3;9H,4-8H2,1-3H3;8,11H,7H2,1-6H3;7-8H,4-6H2,1-3H3;7,11H,6H2,1-5H3;7H,4-6H2,1-3H3;1-2H3. The quantitative estimate of drug-likeness (QED) is 0.238. The molecular weight excluding hydrogens is 965 g/mol. The van der Waals surface area contributed by atoms with Gasteiger partial charge in [-0.3, -0.25) is 0 Å². The summed E-state index contributed by atoms with van der Waals surface area (Å²) in [7, 11) is 0. The molecule has 0 aromatic rings. The highest BCUT2D eigenvalue weighted by molar-refractivity contribution is 5.01. The molecule has 1 spiro atoms. The minimum Gasteiger partial charge on any atom is -0.390 e. The number of hydrogen-bond acceptors (Lipinski definition) is 7. The van der Waals surface area contributed by atoms with Gasteiger partial charge in [0.15, 0.2) is 0 Å². The van der Waals surface area contributed by atoms with E-state index in [0.717, 1.165) is 63.8 Å². The van der Waals surface area contributed by atoms with E-state index in [9.17, 15) is 19.0 Å². The molecule has 4 atom stereocenters. The minimum atomic E-state index is -1.20. The zero-order valence-electron chi connectivity index (χ0n) is 57.0. The first kappa shape index (κ1) is 78.6. The Morgan fingerprint density at radius 1 is 0.532 bits per heavy atom. The maximum Gasteiger partial charge on any atom is 0.129 e. The third-order valence-electron chi connectivity index (χ3n) is 16.0. The Balaban J connectivity index is 0. The summed E-state index contributed by atoms with van der Waals surface area (Å²) in [6.07, 6.45) is 12.3. The fraction of sp³-hybridized carbons (Fsp3) is 1.00. The predicted molar refractivity (Wildman–Crippen MR) is 331 cm³/mol. The summed E-state index contributed by atoms with van der Waals surface area (Å²) in [6.45, 7) is 70.8.